The number of aliphatic hydroxyl groups excluding tert-OH is 1. The number of nitrogens with zero attached hydrogens (tertiary/aromatic N) is 3. The number of hydrogen-bond acceptors (Lipinski definition) is 7. The lowest BCUT2D eigenvalue weighted by atomic mass is 9.99. The fraction of sp³-hybridized carbons (Fsp3) is 0.636. The van der Waals surface area contributed by atoms with Crippen LogP contribution in [0.3, 0.4) is 0 Å². The molecule has 2 rings (SSSR count). The Kier molecular flexibility index (Phi) is 3.52. The van der Waals surface area contributed by atoms with Crippen molar-refractivity contribution in [1.29, 1.82) is 0 Å². The number of anilines is 2. The predicted octanol–water partition coefficient (Wildman–Crippen LogP) is 0.992. The third-order valence-electron chi connectivity index (χ3n) is 3.51. The topological polar surface area (TPSA) is 127 Å². The number of rotatable bonds is 4. The van der Waals surface area contributed by atoms with Crippen LogP contribution < -0.4 is 11.1 Å². The van der Waals surface area contributed by atoms with Crippen LogP contribution in [0.5, 0.6) is 0 Å². The number of nitro groups is 1. The van der Waals surface area contributed by atoms with Gasteiger partial charge in [0.1, 0.15) is 5.69 Å². The fourth-order valence-corrected chi connectivity index (χ4v) is 2.52. The average Bonchev–Trinajstić information content (AvgIpc) is 2.76. The maximum Gasteiger partial charge on any atom is 0.332 e. The van der Waals surface area contributed by atoms with Crippen LogP contribution in [-0.4, -0.2) is 32.1 Å². The van der Waals surface area contributed by atoms with E-state index in [2.05, 4.69) is 15.3 Å². The van der Waals surface area contributed by atoms with Gasteiger partial charge in [0.05, 0.1) is 17.1 Å². The van der Waals surface area contributed by atoms with Gasteiger partial charge in [0, 0.05) is 0 Å². The highest BCUT2D eigenvalue weighted by Gasteiger charge is 2.36. The summed E-state index contributed by atoms with van der Waals surface area (Å²) in [6.45, 7) is 1.43. The first kappa shape index (κ1) is 13.5. The smallest absolute Gasteiger partial charge is 0.332 e. The molecule has 0 unspecified atom stereocenters. The van der Waals surface area contributed by atoms with Crippen molar-refractivity contribution < 1.29 is 10.0 Å². The Labute approximate surface area is 110 Å². The monoisotopic (exact) mass is 267 g/mol. The summed E-state index contributed by atoms with van der Waals surface area (Å²) in [6, 6.07) is 0. The van der Waals surface area contributed by atoms with Crippen LogP contribution in [0.4, 0.5) is 17.5 Å². The summed E-state index contributed by atoms with van der Waals surface area (Å²) < 4.78 is 0. The van der Waals surface area contributed by atoms with Crippen molar-refractivity contribution in [3.05, 3.63) is 15.8 Å². The number of aryl methyl sites for hydroxylation is 1. The molecule has 0 radical (unpaired) electrons. The van der Waals surface area contributed by atoms with E-state index in [-0.39, 0.29) is 29.8 Å². The Morgan fingerprint density at radius 3 is 2.63 bits per heavy atom. The Morgan fingerprint density at radius 1 is 1.47 bits per heavy atom. The summed E-state index contributed by atoms with van der Waals surface area (Å²) >= 11 is 0. The lowest BCUT2D eigenvalue weighted by Gasteiger charge is -2.28. The number of aliphatic hydroxyl groups is 1. The Balaban J connectivity index is 2.41. The van der Waals surface area contributed by atoms with E-state index in [9.17, 15) is 15.2 Å². The number of nitrogen functional groups attached to an aromatic ring is 1. The molecule has 0 aromatic carbocycles. The van der Waals surface area contributed by atoms with E-state index in [4.69, 9.17) is 5.73 Å². The van der Waals surface area contributed by atoms with Crippen LogP contribution in [0.25, 0.3) is 0 Å². The van der Waals surface area contributed by atoms with Crippen LogP contribution >= 0.6 is 0 Å². The first-order valence-electron chi connectivity index (χ1n) is 6.15. The highest BCUT2D eigenvalue weighted by atomic mass is 16.6. The van der Waals surface area contributed by atoms with Gasteiger partial charge in [-0.2, -0.15) is 4.98 Å². The summed E-state index contributed by atoms with van der Waals surface area (Å²) in [6.07, 6.45) is 3.45. The molecule has 0 aliphatic heterocycles. The summed E-state index contributed by atoms with van der Waals surface area (Å²) in [5, 5.41) is 23.7. The molecular formula is C11H17N5O3. The zero-order valence-electron chi connectivity index (χ0n) is 10.7. The molecule has 0 atom stereocenters. The molecule has 104 valence electrons. The summed E-state index contributed by atoms with van der Waals surface area (Å²) in [4.78, 5) is 18.3. The minimum Gasteiger partial charge on any atom is -0.394 e. The van der Waals surface area contributed by atoms with Crippen molar-refractivity contribution in [2.24, 2.45) is 0 Å². The normalized spacial score (nSPS) is 17.4. The maximum absolute atomic E-state index is 11.1. The van der Waals surface area contributed by atoms with Gasteiger partial charge in [-0.3, -0.25) is 10.1 Å². The SMILES string of the molecule is Cc1nc(N)nc(NC2(CO)CCCC2)c1[N+](=O)[O-]. The Hall–Kier alpha value is -1.96. The average molecular weight is 267 g/mol. The molecule has 19 heavy (non-hydrogen) atoms. The first-order valence-corrected chi connectivity index (χ1v) is 6.15. The molecule has 0 bridgehead atoms. The summed E-state index contributed by atoms with van der Waals surface area (Å²) in [5.41, 5.74) is 5.02. The summed E-state index contributed by atoms with van der Waals surface area (Å²) in [7, 11) is 0. The van der Waals surface area contributed by atoms with Crippen molar-refractivity contribution in [1.82, 2.24) is 9.97 Å². The molecule has 1 heterocycles. The van der Waals surface area contributed by atoms with E-state index < -0.39 is 10.5 Å². The van der Waals surface area contributed by atoms with E-state index in [1.54, 1.807) is 0 Å². The van der Waals surface area contributed by atoms with Crippen molar-refractivity contribution in [2.45, 2.75) is 38.1 Å². The molecule has 4 N–H and O–H groups in total. The van der Waals surface area contributed by atoms with E-state index in [0.717, 1.165) is 25.7 Å². The van der Waals surface area contributed by atoms with Crippen LogP contribution in [0.15, 0.2) is 0 Å². The van der Waals surface area contributed by atoms with Gasteiger partial charge in [-0.05, 0) is 19.8 Å². The molecule has 1 aromatic heterocycles. The van der Waals surface area contributed by atoms with Crippen LogP contribution in [0.1, 0.15) is 31.4 Å². The zero-order chi connectivity index (χ0) is 14.0. The second kappa shape index (κ2) is 4.96. The third kappa shape index (κ3) is 2.58. The highest BCUT2D eigenvalue weighted by Crippen LogP contribution is 2.35. The van der Waals surface area contributed by atoms with E-state index >= 15 is 0 Å². The molecule has 1 aliphatic carbocycles. The quantitative estimate of drug-likeness (QED) is 0.548. The highest BCUT2D eigenvalue weighted by molar-refractivity contribution is 5.61. The van der Waals surface area contributed by atoms with Crippen LogP contribution in [0, 0.1) is 17.0 Å². The largest absolute Gasteiger partial charge is 0.394 e. The van der Waals surface area contributed by atoms with Gasteiger partial charge >= 0.3 is 5.69 Å². The van der Waals surface area contributed by atoms with Gasteiger partial charge in [0.25, 0.3) is 0 Å². The first-order chi connectivity index (χ1) is 8.97. The Bertz CT molecular complexity index is 499. The molecule has 1 aromatic rings. The van der Waals surface area contributed by atoms with Gasteiger partial charge in [0.2, 0.25) is 11.8 Å². The van der Waals surface area contributed by atoms with Crippen molar-refractivity contribution in [3.63, 3.8) is 0 Å². The van der Waals surface area contributed by atoms with Gasteiger partial charge in [0.15, 0.2) is 0 Å². The van der Waals surface area contributed by atoms with Crippen molar-refractivity contribution in [3.8, 4) is 0 Å². The van der Waals surface area contributed by atoms with Gasteiger partial charge in [-0.1, -0.05) is 12.8 Å². The zero-order valence-corrected chi connectivity index (χ0v) is 10.7. The van der Waals surface area contributed by atoms with E-state index in [0.29, 0.717) is 0 Å². The van der Waals surface area contributed by atoms with Crippen LogP contribution in [0.2, 0.25) is 0 Å². The van der Waals surface area contributed by atoms with E-state index in [1.807, 2.05) is 0 Å². The van der Waals surface area contributed by atoms with Gasteiger partial charge < -0.3 is 16.2 Å². The molecule has 1 saturated carbocycles. The lowest BCUT2D eigenvalue weighted by Crippen LogP contribution is -2.39. The predicted molar refractivity (Wildman–Crippen MR) is 69.7 cm³/mol. The van der Waals surface area contributed by atoms with Gasteiger partial charge in [-0.15, -0.1) is 0 Å². The van der Waals surface area contributed by atoms with Gasteiger partial charge in [-0.25, -0.2) is 4.98 Å². The molecule has 1 aliphatic rings. The molecule has 0 amide bonds. The second-order valence-electron chi connectivity index (χ2n) is 4.89. The number of nitrogens with two attached hydrogens (primary N) is 1. The molecule has 0 spiro atoms. The number of aromatic nitrogens is 2. The van der Waals surface area contributed by atoms with Crippen molar-refractivity contribution >= 4 is 17.5 Å². The van der Waals surface area contributed by atoms with Crippen molar-refractivity contribution in [2.75, 3.05) is 17.7 Å². The standard InChI is InChI=1S/C11H17N5O3/c1-7-8(16(18)19)9(14-10(12)13-7)15-11(6-17)4-2-3-5-11/h17H,2-6H2,1H3,(H3,12,13,14,15). The molecule has 1 fully saturated rings. The maximum atomic E-state index is 11.1. The minimum atomic E-state index is -0.544. The minimum absolute atomic E-state index is 0.0170. The van der Waals surface area contributed by atoms with Crippen LogP contribution in [-0.2, 0) is 0 Å². The summed E-state index contributed by atoms with van der Waals surface area (Å²) in [5.74, 6) is 0.0719. The Morgan fingerprint density at radius 2 is 2.11 bits per heavy atom. The molecule has 8 heteroatoms. The number of hydrogen-bond donors (Lipinski definition) is 3. The second-order valence-corrected chi connectivity index (χ2v) is 4.89. The molecule has 0 saturated heterocycles. The fourth-order valence-electron chi connectivity index (χ4n) is 2.52. The lowest BCUT2D eigenvalue weighted by molar-refractivity contribution is -0.385. The third-order valence-corrected chi connectivity index (χ3v) is 3.51. The molecule has 8 nitrogen and oxygen atoms in total. The number of nitrogens with one attached hydrogen (secondary N) is 1. The molecular weight excluding hydrogens is 250 g/mol. The van der Waals surface area contributed by atoms with E-state index in [1.165, 1.54) is 6.92 Å².